The average molecular weight is 301 g/mol. The maximum atomic E-state index is 12.1. The first-order valence-corrected chi connectivity index (χ1v) is 6.97. The first kappa shape index (κ1) is 14.9. The van der Waals surface area contributed by atoms with Crippen LogP contribution in [0, 0.1) is 0 Å². The van der Waals surface area contributed by atoms with E-state index in [0.29, 0.717) is 21.3 Å². The first-order chi connectivity index (χ1) is 9.36. The van der Waals surface area contributed by atoms with Gasteiger partial charge in [-0.3, -0.25) is 4.79 Å². The third-order valence-corrected chi connectivity index (χ3v) is 4.47. The minimum absolute atomic E-state index is 0.197. The van der Waals surface area contributed by atoms with Gasteiger partial charge in [0, 0.05) is 27.2 Å². The summed E-state index contributed by atoms with van der Waals surface area (Å²) in [6.07, 6.45) is -1.62. The highest BCUT2D eigenvalue weighted by molar-refractivity contribution is 7.19. The number of hydrogen-bond donors (Lipinski definition) is 3. The molecule has 1 aromatic rings. The molecule has 20 heavy (non-hydrogen) atoms. The molecule has 1 aliphatic heterocycles. The molecule has 2 heterocycles. The highest BCUT2D eigenvalue weighted by Crippen LogP contribution is 2.46. The van der Waals surface area contributed by atoms with E-state index in [0.717, 1.165) is 0 Å². The summed E-state index contributed by atoms with van der Waals surface area (Å²) in [4.78, 5) is 15.7. The summed E-state index contributed by atoms with van der Waals surface area (Å²) < 4.78 is 5.28. The van der Waals surface area contributed by atoms with E-state index in [9.17, 15) is 15.0 Å². The lowest BCUT2D eigenvalue weighted by molar-refractivity contribution is 0.0572. The van der Waals surface area contributed by atoms with E-state index in [4.69, 9.17) is 10.5 Å². The van der Waals surface area contributed by atoms with Crippen LogP contribution in [-0.4, -0.2) is 67.5 Å². The van der Waals surface area contributed by atoms with Gasteiger partial charge in [-0.15, -0.1) is 11.3 Å². The zero-order chi connectivity index (χ0) is 15.0. The van der Waals surface area contributed by atoms with Crippen LogP contribution in [0.5, 0.6) is 5.75 Å². The van der Waals surface area contributed by atoms with Gasteiger partial charge in [-0.25, -0.2) is 0 Å². The van der Waals surface area contributed by atoms with Crippen LogP contribution in [0.2, 0.25) is 0 Å². The maximum Gasteiger partial charge on any atom is 0.265 e. The Morgan fingerprint density at radius 1 is 1.40 bits per heavy atom. The Morgan fingerprint density at radius 3 is 2.40 bits per heavy atom. The van der Waals surface area contributed by atoms with Gasteiger partial charge in [-0.2, -0.15) is 0 Å². The standard InChI is InChI=1S/C12H19N3O4S/c1-14(2)11(18)10-8(13)9(19-3)12(20-10)15-4-6(16)7(17)5-15/h6-7,16-17H,4-5,13H2,1-3H3. The number of carbonyl (C=O) groups excluding carboxylic acids is 1. The van der Waals surface area contributed by atoms with Crippen molar-refractivity contribution < 1.29 is 19.7 Å². The van der Waals surface area contributed by atoms with E-state index < -0.39 is 12.2 Å². The van der Waals surface area contributed by atoms with Crippen molar-refractivity contribution in [3.63, 3.8) is 0 Å². The predicted molar refractivity (Wildman–Crippen MR) is 77.5 cm³/mol. The Bertz CT molecular complexity index is 507. The van der Waals surface area contributed by atoms with E-state index >= 15 is 0 Å². The summed E-state index contributed by atoms with van der Waals surface area (Å²) in [5.74, 6) is 0.221. The molecule has 0 aromatic carbocycles. The van der Waals surface area contributed by atoms with Crippen molar-refractivity contribution in [1.29, 1.82) is 0 Å². The van der Waals surface area contributed by atoms with Crippen molar-refractivity contribution in [3.8, 4) is 5.75 Å². The zero-order valence-corrected chi connectivity index (χ0v) is 12.5. The Labute approximate surface area is 121 Å². The second-order valence-corrected chi connectivity index (χ2v) is 5.92. The van der Waals surface area contributed by atoms with Gasteiger partial charge < -0.3 is 30.5 Å². The molecule has 2 rings (SSSR count). The normalized spacial score (nSPS) is 22.1. The highest BCUT2D eigenvalue weighted by Gasteiger charge is 2.34. The van der Waals surface area contributed by atoms with Gasteiger partial charge in [0.1, 0.15) is 15.6 Å². The van der Waals surface area contributed by atoms with Crippen molar-refractivity contribution in [1.82, 2.24) is 4.90 Å². The number of methoxy groups -OCH3 is 1. The van der Waals surface area contributed by atoms with Crippen molar-refractivity contribution in [2.45, 2.75) is 12.2 Å². The topological polar surface area (TPSA) is 99.3 Å². The molecule has 1 amide bonds. The predicted octanol–water partition coefficient (Wildman–Crippen LogP) is -0.417. The van der Waals surface area contributed by atoms with Gasteiger partial charge in [0.2, 0.25) is 0 Å². The number of nitrogens with zero attached hydrogens (tertiary/aromatic N) is 2. The number of thiophene rings is 1. The monoisotopic (exact) mass is 301 g/mol. The molecule has 1 aliphatic rings. The summed E-state index contributed by atoms with van der Waals surface area (Å²) in [6, 6.07) is 0. The molecule has 1 aromatic heterocycles. The number of ether oxygens (including phenoxy) is 1. The molecule has 7 nitrogen and oxygen atoms in total. The summed E-state index contributed by atoms with van der Waals surface area (Å²) in [5, 5.41) is 19.9. The molecule has 0 radical (unpaired) electrons. The lowest BCUT2D eigenvalue weighted by Crippen LogP contribution is -2.22. The molecule has 0 bridgehead atoms. The molecular formula is C12H19N3O4S. The molecule has 2 atom stereocenters. The van der Waals surface area contributed by atoms with E-state index in [1.807, 2.05) is 0 Å². The summed E-state index contributed by atoms with van der Waals surface area (Å²) >= 11 is 1.21. The molecule has 112 valence electrons. The van der Waals surface area contributed by atoms with Gasteiger partial charge in [0.15, 0.2) is 5.75 Å². The molecule has 0 aliphatic carbocycles. The van der Waals surface area contributed by atoms with Crippen LogP contribution >= 0.6 is 11.3 Å². The van der Waals surface area contributed by atoms with Crippen LogP contribution in [0.4, 0.5) is 10.7 Å². The van der Waals surface area contributed by atoms with Crippen molar-refractivity contribution in [2.24, 2.45) is 0 Å². The number of amides is 1. The Balaban J connectivity index is 2.39. The van der Waals surface area contributed by atoms with E-state index in [1.165, 1.54) is 23.3 Å². The molecule has 2 unspecified atom stereocenters. The van der Waals surface area contributed by atoms with Crippen LogP contribution in [0.1, 0.15) is 9.67 Å². The molecule has 0 spiro atoms. The maximum absolute atomic E-state index is 12.1. The number of rotatable bonds is 3. The second-order valence-electron chi connectivity index (χ2n) is 4.92. The van der Waals surface area contributed by atoms with Gasteiger partial charge in [0.05, 0.1) is 19.3 Å². The third kappa shape index (κ3) is 2.41. The number of nitrogen functional groups attached to an aromatic ring is 1. The fourth-order valence-corrected chi connectivity index (χ4v) is 3.35. The lowest BCUT2D eigenvalue weighted by Gasteiger charge is -2.16. The van der Waals surface area contributed by atoms with E-state index in [-0.39, 0.29) is 19.0 Å². The summed E-state index contributed by atoms with van der Waals surface area (Å²) in [7, 11) is 4.78. The van der Waals surface area contributed by atoms with Gasteiger partial charge in [-0.05, 0) is 0 Å². The third-order valence-electron chi connectivity index (χ3n) is 3.23. The van der Waals surface area contributed by atoms with Crippen LogP contribution in [0.3, 0.4) is 0 Å². The Kier molecular flexibility index (Phi) is 4.07. The van der Waals surface area contributed by atoms with Crippen LogP contribution in [-0.2, 0) is 0 Å². The van der Waals surface area contributed by atoms with Crippen molar-refractivity contribution in [2.75, 3.05) is 44.9 Å². The fraction of sp³-hybridized carbons (Fsp3) is 0.583. The summed E-state index contributed by atoms with van der Waals surface area (Å²) in [6.45, 7) is 0.570. The fourth-order valence-electron chi connectivity index (χ4n) is 2.12. The van der Waals surface area contributed by atoms with Crippen molar-refractivity contribution in [3.05, 3.63) is 4.88 Å². The van der Waals surface area contributed by atoms with Crippen LogP contribution in [0.25, 0.3) is 0 Å². The second kappa shape index (κ2) is 5.47. The number of hydrogen-bond acceptors (Lipinski definition) is 7. The number of aliphatic hydroxyl groups is 2. The van der Waals surface area contributed by atoms with Gasteiger partial charge in [0.25, 0.3) is 5.91 Å². The average Bonchev–Trinajstić information content (AvgIpc) is 2.89. The first-order valence-electron chi connectivity index (χ1n) is 6.15. The van der Waals surface area contributed by atoms with Gasteiger partial charge >= 0.3 is 0 Å². The zero-order valence-electron chi connectivity index (χ0n) is 11.7. The Hall–Kier alpha value is -1.51. The lowest BCUT2D eigenvalue weighted by atomic mass is 10.3. The molecule has 8 heteroatoms. The quantitative estimate of drug-likeness (QED) is 0.701. The summed E-state index contributed by atoms with van der Waals surface area (Å²) in [5.41, 5.74) is 6.27. The Morgan fingerprint density at radius 2 is 1.95 bits per heavy atom. The largest absolute Gasteiger partial charge is 0.492 e. The highest BCUT2D eigenvalue weighted by atomic mass is 32.1. The minimum Gasteiger partial charge on any atom is -0.492 e. The minimum atomic E-state index is -0.809. The molecule has 1 fully saturated rings. The van der Waals surface area contributed by atoms with Crippen LogP contribution < -0.4 is 15.4 Å². The van der Waals surface area contributed by atoms with Gasteiger partial charge in [-0.1, -0.05) is 0 Å². The molecule has 1 saturated heterocycles. The molecule has 0 saturated carbocycles. The smallest absolute Gasteiger partial charge is 0.265 e. The molecular weight excluding hydrogens is 282 g/mol. The number of carbonyl (C=O) groups is 1. The number of nitrogens with two attached hydrogens (primary N) is 1. The van der Waals surface area contributed by atoms with Crippen molar-refractivity contribution >= 4 is 27.9 Å². The molecule has 4 N–H and O–H groups in total. The number of anilines is 2. The number of aliphatic hydroxyl groups excluding tert-OH is 2. The number of β-amino-alcohol motifs (C(OH)–C–C–N with tert-alkyl or cyclic N) is 2. The van der Waals surface area contributed by atoms with E-state index in [2.05, 4.69) is 0 Å². The van der Waals surface area contributed by atoms with Crippen LogP contribution in [0.15, 0.2) is 0 Å². The van der Waals surface area contributed by atoms with E-state index in [1.54, 1.807) is 19.0 Å². The SMILES string of the molecule is COc1c(N2CC(O)C(O)C2)sc(C(=O)N(C)C)c1N.